The number of hydrogen-bond acceptors (Lipinski definition) is 4. The molecule has 0 radical (unpaired) electrons. The topological polar surface area (TPSA) is 65.3 Å². The molecule has 8 heteroatoms. The van der Waals surface area contributed by atoms with Gasteiger partial charge in [-0.2, -0.15) is 0 Å². The van der Waals surface area contributed by atoms with Crippen molar-refractivity contribution in [3.8, 4) is 5.75 Å². The Balaban J connectivity index is 2.38. The molecule has 1 aromatic carbocycles. The fourth-order valence-electron chi connectivity index (χ4n) is 1.79. The fraction of sp³-hybridized carbons (Fsp3) is 0.154. The summed E-state index contributed by atoms with van der Waals surface area (Å²) in [6.07, 6.45) is 0.181. The van der Waals surface area contributed by atoms with Crippen LogP contribution in [0.15, 0.2) is 34.9 Å². The summed E-state index contributed by atoms with van der Waals surface area (Å²) in [4.78, 5) is 13.8. The van der Waals surface area contributed by atoms with Gasteiger partial charge in [0.25, 0.3) is 0 Å². The van der Waals surface area contributed by atoms with Gasteiger partial charge in [-0.3, -0.25) is 0 Å². The molecule has 0 saturated carbocycles. The molecule has 2 rings (SSSR count). The summed E-state index contributed by atoms with van der Waals surface area (Å²) in [6.45, 7) is 1.39. The molecular formula is C13H9BrF2N2O3. The molecule has 0 aliphatic rings. The second kappa shape index (κ2) is 6.13. The number of pyridine rings is 1. The Labute approximate surface area is 126 Å². The van der Waals surface area contributed by atoms with E-state index < -0.39 is 28.5 Å². The van der Waals surface area contributed by atoms with Gasteiger partial charge in [0.05, 0.1) is 10.0 Å². The van der Waals surface area contributed by atoms with Gasteiger partial charge < -0.3 is 14.9 Å². The number of halogens is 3. The van der Waals surface area contributed by atoms with E-state index in [1.165, 1.54) is 25.3 Å². The first kappa shape index (κ1) is 15.3. The Kier molecular flexibility index (Phi) is 4.46. The minimum absolute atomic E-state index is 0.176. The van der Waals surface area contributed by atoms with Gasteiger partial charge in [0.15, 0.2) is 6.20 Å². The molecule has 0 spiro atoms. The Morgan fingerprint density at radius 1 is 1.38 bits per heavy atom. The molecular weight excluding hydrogens is 350 g/mol. The standard InChI is InChI=1S/C13H9BrF2N2O3/c1-7(12-9(15)3-2-4-10(12)16)21-11-5-8(14)6-17-13(11)18(19)20/h2-7H,1H3/t7-/m1/s1. The van der Waals surface area contributed by atoms with Crippen molar-refractivity contribution in [3.05, 3.63) is 62.2 Å². The van der Waals surface area contributed by atoms with Crippen molar-refractivity contribution in [2.45, 2.75) is 13.0 Å². The average Bonchev–Trinajstić information content (AvgIpc) is 2.38. The van der Waals surface area contributed by atoms with Crippen molar-refractivity contribution >= 4 is 21.7 Å². The predicted molar refractivity (Wildman–Crippen MR) is 74.0 cm³/mol. The molecule has 1 atom stereocenters. The summed E-state index contributed by atoms with van der Waals surface area (Å²) < 4.78 is 33.1. The molecule has 0 unspecified atom stereocenters. The van der Waals surface area contributed by atoms with Crippen molar-refractivity contribution < 1.29 is 18.4 Å². The molecule has 2 aromatic rings. The molecule has 0 saturated heterocycles. The SMILES string of the molecule is C[C@@H](Oc1cc(Br)cnc1[N+](=O)[O-])c1c(F)cccc1F. The molecule has 0 amide bonds. The van der Waals surface area contributed by atoms with Gasteiger partial charge in [0.1, 0.15) is 17.7 Å². The van der Waals surface area contributed by atoms with Crippen LogP contribution in [0, 0.1) is 21.7 Å². The molecule has 0 bridgehead atoms. The van der Waals surface area contributed by atoms with Crippen LogP contribution >= 0.6 is 15.9 Å². The summed E-state index contributed by atoms with van der Waals surface area (Å²) in [6, 6.07) is 4.72. The first-order valence-corrected chi connectivity index (χ1v) is 6.60. The summed E-state index contributed by atoms with van der Waals surface area (Å²) >= 11 is 3.11. The van der Waals surface area contributed by atoms with Crippen LogP contribution in [0.25, 0.3) is 0 Å². The maximum absolute atomic E-state index is 13.7. The van der Waals surface area contributed by atoms with Crippen LogP contribution in [0.5, 0.6) is 5.75 Å². The Morgan fingerprint density at radius 3 is 2.57 bits per heavy atom. The van der Waals surface area contributed by atoms with E-state index in [9.17, 15) is 18.9 Å². The van der Waals surface area contributed by atoms with Crippen LogP contribution in [0.3, 0.4) is 0 Å². The quantitative estimate of drug-likeness (QED) is 0.607. The molecule has 110 valence electrons. The number of nitrogens with zero attached hydrogens (tertiary/aromatic N) is 2. The lowest BCUT2D eigenvalue weighted by Crippen LogP contribution is -2.09. The van der Waals surface area contributed by atoms with Gasteiger partial charge in [0, 0.05) is 6.07 Å². The van der Waals surface area contributed by atoms with Crippen molar-refractivity contribution in [3.63, 3.8) is 0 Å². The Morgan fingerprint density at radius 2 is 2.00 bits per heavy atom. The molecule has 1 aromatic heterocycles. The zero-order chi connectivity index (χ0) is 15.6. The lowest BCUT2D eigenvalue weighted by Gasteiger charge is -2.16. The lowest BCUT2D eigenvalue weighted by molar-refractivity contribution is -0.390. The second-order valence-electron chi connectivity index (χ2n) is 4.13. The van der Waals surface area contributed by atoms with Gasteiger partial charge in [-0.05, 0) is 44.9 Å². The maximum atomic E-state index is 13.7. The highest BCUT2D eigenvalue weighted by Crippen LogP contribution is 2.32. The first-order valence-electron chi connectivity index (χ1n) is 5.80. The number of benzene rings is 1. The third-order valence-corrected chi connectivity index (χ3v) is 3.12. The predicted octanol–water partition coefficient (Wildman–Crippen LogP) is 4.17. The molecule has 0 fully saturated rings. The fourth-order valence-corrected chi connectivity index (χ4v) is 2.10. The van der Waals surface area contributed by atoms with E-state index in [1.54, 1.807) is 0 Å². The summed E-state index contributed by atoms with van der Waals surface area (Å²) in [7, 11) is 0. The van der Waals surface area contributed by atoms with E-state index >= 15 is 0 Å². The van der Waals surface area contributed by atoms with E-state index in [0.29, 0.717) is 4.47 Å². The Bertz CT molecular complexity index is 677. The molecule has 0 aliphatic carbocycles. The third-order valence-electron chi connectivity index (χ3n) is 2.68. The monoisotopic (exact) mass is 358 g/mol. The first-order chi connectivity index (χ1) is 9.90. The van der Waals surface area contributed by atoms with Crippen molar-refractivity contribution in [1.82, 2.24) is 4.98 Å². The normalized spacial score (nSPS) is 12.0. The summed E-state index contributed by atoms with van der Waals surface area (Å²) in [5.74, 6) is -2.27. The van der Waals surface area contributed by atoms with Crippen LogP contribution in [0.1, 0.15) is 18.6 Å². The molecule has 1 heterocycles. The van der Waals surface area contributed by atoms with Crippen LogP contribution in [0.4, 0.5) is 14.6 Å². The lowest BCUT2D eigenvalue weighted by atomic mass is 10.1. The number of aromatic nitrogens is 1. The second-order valence-corrected chi connectivity index (χ2v) is 5.04. The molecule has 0 N–H and O–H groups in total. The van der Waals surface area contributed by atoms with Crippen LogP contribution in [-0.2, 0) is 0 Å². The van der Waals surface area contributed by atoms with E-state index in [1.807, 2.05) is 0 Å². The van der Waals surface area contributed by atoms with E-state index in [4.69, 9.17) is 4.74 Å². The maximum Gasteiger partial charge on any atom is 0.406 e. The number of ether oxygens (including phenoxy) is 1. The van der Waals surface area contributed by atoms with Crippen LogP contribution in [-0.4, -0.2) is 9.91 Å². The van der Waals surface area contributed by atoms with Crippen molar-refractivity contribution in [2.75, 3.05) is 0 Å². The van der Waals surface area contributed by atoms with Gasteiger partial charge in [0.2, 0.25) is 5.75 Å². The van der Waals surface area contributed by atoms with Gasteiger partial charge in [-0.25, -0.2) is 8.78 Å². The van der Waals surface area contributed by atoms with Crippen molar-refractivity contribution in [2.24, 2.45) is 0 Å². The molecule has 0 aliphatic heterocycles. The Hall–Kier alpha value is -2.09. The highest BCUT2D eigenvalue weighted by molar-refractivity contribution is 9.10. The van der Waals surface area contributed by atoms with Gasteiger partial charge in [-0.15, -0.1) is 0 Å². The minimum atomic E-state index is -1.05. The smallest absolute Gasteiger partial charge is 0.406 e. The largest absolute Gasteiger partial charge is 0.478 e. The number of hydrogen-bond donors (Lipinski definition) is 0. The van der Waals surface area contributed by atoms with Crippen molar-refractivity contribution in [1.29, 1.82) is 0 Å². The van der Waals surface area contributed by atoms with Crippen LogP contribution < -0.4 is 4.74 Å². The van der Waals surface area contributed by atoms with E-state index in [-0.39, 0.29) is 11.3 Å². The van der Waals surface area contributed by atoms with Crippen LogP contribution in [0.2, 0.25) is 0 Å². The summed E-state index contributed by atoms with van der Waals surface area (Å²) in [5.41, 5.74) is -0.299. The molecule has 21 heavy (non-hydrogen) atoms. The highest BCUT2D eigenvalue weighted by atomic mass is 79.9. The number of rotatable bonds is 4. The minimum Gasteiger partial charge on any atom is -0.478 e. The number of nitro groups is 1. The highest BCUT2D eigenvalue weighted by Gasteiger charge is 2.23. The zero-order valence-corrected chi connectivity index (χ0v) is 12.3. The van der Waals surface area contributed by atoms with E-state index in [0.717, 1.165) is 12.1 Å². The van der Waals surface area contributed by atoms with E-state index in [2.05, 4.69) is 20.9 Å². The van der Waals surface area contributed by atoms with Gasteiger partial charge in [-0.1, -0.05) is 6.07 Å². The zero-order valence-electron chi connectivity index (χ0n) is 10.7. The average molecular weight is 359 g/mol. The third kappa shape index (κ3) is 3.33. The molecule has 5 nitrogen and oxygen atoms in total. The van der Waals surface area contributed by atoms with Gasteiger partial charge >= 0.3 is 5.82 Å². The summed E-state index contributed by atoms with van der Waals surface area (Å²) in [5, 5.41) is 10.9.